The number of hydrogen-bond donors (Lipinski definition) is 1. The molecule has 2 heterocycles. The molecule has 20 heavy (non-hydrogen) atoms. The van der Waals surface area contributed by atoms with Crippen LogP contribution >= 0.6 is 0 Å². The van der Waals surface area contributed by atoms with E-state index in [0.29, 0.717) is 13.2 Å². The summed E-state index contributed by atoms with van der Waals surface area (Å²) in [7, 11) is 2.19. The van der Waals surface area contributed by atoms with Gasteiger partial charge in [-0.3, -0.25) is 4.90 Å². The molecule has 0 aliphatic carbocycles. The van der Waals surface area contributed by atoms with Crippen LogP contribution in [0.5, 0.6) is 11.5 Å². The van der Waals surface area contributed by atoms with E-state index >= 15 is 0 Å². The highest BCUT2D eigenvalue weighted by molar-refractivity contribution is 5.55. The predicted molar refractivity (Wildman–Crippen MR) is 79.9 cm³/mol. The highest BCUT2D eigenvalue weighted by Gasteiger charge is 2.14. The molecule has 0 atom stereocenters. The molecule has 0 aromatic heterocycles. The fourth-order valence-electron chi connectivity index (χ4n) is 2.58. The Kier molecular flexibility index (Phi) is 4.28. The molecular weight excluding hydrogens is 254 g/mol. The third kappa shape index (κ3) is 3.35. The van der Waals surface area contributed by atoms with E-state index in [0.717, 1.165) is 30.3 Å². The van der Waals surface area contributed by atoms with Gasteiger partial charge in [0.15, 0.2) is 11.5 Å². The third-order valence-corrected chi connectivity index (χ3v) is 3.90. The van der Waals surface area contributed by atoms with Gasteiger partial charge in [-0.25, -0.2) is 0 Å². The lowest BCUT2D eigenvalue weighted by Crippen LogP contribution is -2.45. The normalized spacial score (nSPS) is 19.9. The van der Waals surface area contributed by atoms with E-state index in [2.05, 4.69) is 28.2 Å². The molecule has 0 spiro atoms. The minimum atomic E-state index is 0.637. The SMILES string of the molecule is CN1CCN(CCNc2ccc3c(c2)OCCO3)CC1. The molecule has 2 aliphatic rings. The van der Waals surface area contributed by atoms with Crippen LogP contribution in [0.1, 0.15) is 0 Å². The molecule has 110 valence electrons. The first-order valence-electron chi connectivity index (χ1n) is 7.36. The van der Waals surface area contributed by atoms with Gasteiger partial charge in [-0.2, -0.15) is 0 Å². The molecule has 0 amide bonds. The van der Waals surface area contributed by atoms with E-state index in [-0.39, 0.29) is 0 Å². The molecule has 1 aromatic rings. The van der Waals surface area contributed by atoms with E-state index in [1.807, 2.05) is 12.1 Å². The highest BCUT2D eigenvalue weighted by Crippen LogP contribution is 2.32. The summed E-state index contributed by atoms with van der Waals surface area (Å²) in [6.45, 7) is 8.00. The van der Waals surface area contributed by atoms with Crippen molar-refractivity contribution >= 4 is 5.69 Å². The van der Waals surface area contributed by atoms with Gasteiger partial charge in [0, 0.05) is 51.0 Å². The first-order chi connectivity index (χ1) is 9.81. The molecule has 0 radical (unpaired) electrons. The zero-order valence-electron chi connectivity index (χ0n) is 12.1. The zero-order chi connectivity index (χ0) is 13.8. The third-order valence-electron chi connectivity index (χ3n) is 3.90. The number of likely N-dealkylation sites (N-methyl/N-ethyl adjacent to an activating group) is 1. The summed E-state index contributed by atoms with van der Waals surface area (Å²) >= 11 is 0. The molecule has 5 nitrogen and oxygen atoms in total. The molecule has 0 bridgehead atoms. The Bertz CT molecular complexity index is 445. The second kappa shape index (κ2) is 6.33. The lowest BCUT2D eigenvalue weighted by Gasteiger charge is -2.32. The van der Waals surface area contributed by atoms with E-state index < -0.39 is 0 Å². The second-order valence-electron chi connectivity index (χ2n) is 5.43. The lowest BCUT2D eigenvalue weighted by atomic mass is 10.2. The Balaban J connectivity index is 1.46. The number of benzene rings is 1. The van der Waals surface area contributed by atoms with Crippen molar-refractivity contribution in [2.75, 3.05) is 64.8 Å². The maximum absolute atomic E-state index is 5.59. The average Bonchev–Trinajstić information content (AvgIpc) is 2.49. The fourth-order valence-corrected chi connectivity index (χ4v) is 2.58. The number of nitrogens with one attached hydrogen (secondary N) is 1. The van der Waals surface area contributed by atoms with Gasteiger partial charge >= 0.3 is 0 Å². The Hall–Kier alpha value is -1.46. The van der Waals surface area contributed by atoms with Gasteiger partial charge in [0.25, 0.3) is 0 Å². The van der Waals surface area contributed by atoms with E-state index in [9.17, 15) is 0 Å². The topological polar surface area (TPSA) is 37.0 Å². The predicted octanol–water partition coefficient (Wildman–Crippen LogP) is 1.12. The number of ether oxygens (including phenoxy) is 2. The molecule has 0 unspecified atom stereocenters. The number of piperazine rings is 1. The van der Waals surface area contributed by atoms with Crippen LogP contribution in [0.25, 0.3) is 0 Å². The minimum absolute atomic E-state index is 0.637. The first kappa shape index (κ1) is 13.5. The minimum Gasteiger partial charge on any atom is -0.486 e. The standard InChI is InChI=1S/C15H23N3O2/c1-17-6-8-18(9-7-17)5-4-16-13-2-3-14-15(12-13)20-11-10-19-14/h2-3,12,16H,4-11H2,1H3. The summed E-state index contributed by atoms with van der Waals surface area (Å²) in [5, 5.41) is 3.46. The van der Waals surface area contributed by atoms with Crippen molar-refractivity contribution in [2.24, 2.45) is 0 Å². The van der Waals surface area contributed by atoms with Gasteiger partial charge in [-0.1, -0.05) is 0 Å². The molecule has 2 aliphatic heterocycles. The molecule has 1 aromatic carbocycles. The van der Waals surface area contributed by atoms with Crippen molar-refractivity contribution in [3.63, 3.8) is 0 Å². The lowest BCUT2D eigenvalue weighted by molar-refractivity contribution is 0.158. The van der Waals surface area contributed by atoms with Crippen LogP contribution in [0.2, 0.25) is 0 Å². The molecular formula is C15H23N3O2. The van der Waals surface area contributed by atoms with Gasteiger partial charge in [-0.15, -0.1) is 0 Å². The van der Waals surface area contributed by atoms with Crippen molar-refractivity contribution in [3.05, 3.63) is 18.2 Å². The summed E-state index contributed by atoms with van der Waals surface area (Å²) in [5.41, 5.74) is 1.10. The van der Waals surface area contributed by atoms with E-state index in [1.54, 1.807) is 0 Å². The Morgan fingerprint density at radius 1 is 1.05 bits per heavy atom. The van der Waals surface area contributed by atoms with Gasteiger partial charge in [0.05, 0.1) is 0 Å². The van der Waals surface area contributed by atoms with Crippen LogP contribution in [0, 0.1) is 0 Å². The summed E-state index contributed by atoms with van der Waals surface area (Å²) in [4.78, 5) is 4.88. The second-order valence-corrected chi connectivity index (χ2v) is 5.43. The summed E-state index contributed by atoms with van der Waals surface area (Å²) in [5.74, 6) is 1.70. The summed E-state index contributed by atoms with van der Waals surface area (Å²) in [6, 6.07) is 6.06. The maximum atomic E-state index is 5.59. The zero-order valence-corrected chi connectivity index (χ0v) is 12.1. The number of fused-ring (bicyclic) bond motifs is 1. The van der Waals surface area contributed by atoms with Crippen molar-refractivity contribution < 1.29 is 9.47 Å². The molecule has 5 heteroatoms. The number of nitrogens with zero attached hydrogens (tertiary/aromatic N) is 2. The summed E-state index contributed by atoms with van der Waals surface area (Å²) in [6.07, 6.45) is 0. The van der Waals surface area contributed by atoms with E-state index in [1.165, 1.54) is 26.2 Å². The van der Waals surface area contributed by atoms with Crippen LogP contribution < -0.4 is 14.8 Å². The Morgan fingerprint density at radius 3 is 2.60 bits per heavy atom. The van der Waals surface area contributed by atoms with Gasteiger partial charge in [0.1, 0.15) is 13.2 Å². The largest absolute Gasteiger partial charge is 0.486 e. The van der Waals surface area contributed by atoms with Gasteiger partial charge < -0.3 is 19.7 Å². The van der Waals surface area contributed by atoms with Crippen molar-refractivity contribution in [2.45, 2.75) is 0 Å². The number of anilines is 1. The quantitative estimate of drug-likeness (QED) is 0.892. The smallest absolute Gasteiger partial charge is 0.163 e. The van der Waals surface area contributed by atoms with Crippen LogP contribution in [-0.2, 0) is 0 Å². The van der Waals surface area contributed by atoms with Crippen molar-refractivity contribution in [3.8, 4) is 11.5 Å². The van der Waals surface area contributed by atoms with Crippen molar-refractivity contribution in [1.82, 2.24) is 9.80 Å². The molecule has 1 N–H and O–H groups in total. The molecule has 1 fully saturated rings. The Labute approximate surface area is 120 Å². The van der Waals surface area contributed by atoms with Gasteiger partial charge in [-0.05, 0) is 19.2 Å². The van der Waals surface area contributed by atoms with Crippen LogP contribution in [0.15, 0.2) is 18.2 Å². The molecule has 0 saturated carbocycles. The van der Waals surface area contributed by atoms with Crippen LogP contribution in [-0.4, -0.2) is 69.3 Å². The molecule has 1 saturated heterocycles. The summed E-state index contributed by atoms with van der Waals surface area (Å²) < 4.78 is 11.1. The molecule has 3 rings (SSSR count). The van der Waals surface area contributed by atoms with Crippen LogP contribution in [0.4, 0.5) is 5.69 Å². The van der Waals surface area contributed by atoms with E-state index in [4.69, 9.17) is 9.47 Å². The van der Waals surface area contributed by atoms with Crippen molar-refractivity contribution in [1.29, 1.82) is 0 Å². The fraction of sp³-hybridized carbons (Fsp3) is 0.600. The van der Waals surface area contributed by atoms with Crippen LogP contribution in [0.3, 0.4) is 0 Å². The highest BCUT2D eigenvalue weighted by atomic mass is 16.6. The Morgan fingerprint density at radius 2 is 1.80 bits per heavy atom. The number of rotatable bonds is 4. The van der Waals surface area contributed by atoms with Gasteiger partial charge in [0.2, 0.25) is 0 Å². The number of hydrogen-bond acceptors (Lipinski definition) is 5. The average molecular weight is 277 g/mol. The first-order valence-corrected chi connectivity index (χ1v) is 7.36. The monoisotopic (exact) mass is 277 g/mol. The maximum Gasteiger partial charge on any atom is 0.163 e.